The third-order valence-corrected chi connectivity index (χ3v) is 3.33. The highest BCUT2D eigenvalue weighted by atomic mass is 16.6. The molecular formula is C17H18N2O5. The van der Waals surface area contributed by atoms with Crippen LogP contribution in [-0.4, -0.2) is 31.1 Å². The predicted molar refractivity (Wildman–Crippen MR) is 88.3 cm³/mol. The summed E-state index contributed by atoms with van der Waals surface area (Å²) in [6, 6.07) is 13.2. The summed E-state index contributed by atoms with van der Waals surface area (Å²) < 4.78 is 10.5. The van der Waals surface area contributed by atoms with Crippen LogP contribution < -0.4 is 14.8 Å². The van der Waals surface area contributed by atoms with E-state index >= 15 is 0 Å². The highest BCUT2D eigenvalue weighted by molar-refractivity contribution is 5.77. The summed E-state index contributed by atoms with van der Waals surface area (Å²) >= 11 is 0. The number of hydrogen-bond donors (Lipinski definition) is 1. The molecule has 0 fully saturated rings. The van der Waals surface area contributed by atoms with Gasteiger partial charge in [-0.2, -0.15) is 0 Å². The lowest BCUT2D eigenvalue weighted by atomic mass is 10.1. The van der Waals surface area contributed by atoms with E-state index in [2.05, 4.69) is 5.32 Å². The number of carbonyl (C=O) groups is 1. The van der Waals surface area contributed by atoms with Crippen molar-refractivity contribution < 1.29 is 19.2 Å². The number of ether oxygens (including phenoxy) is 2. The van der Waals surface area contributed by atoms with Crippen LogP contribution in [0.3, 0.4) is 0 Å². The first-order valence-corrected chi connectivity index (χ1v) is 7.36. The Kier molecular flexibility index (Phi) is 6.13. The average Bonchev–Trinajstić information content (AvgIpc) is 2.60. The van der Waals surface area contributed by atoms with Gasteiger partial charge < -0.3 is 14.8 Å². The number of amides is 1. The number of nitrogens with zero attached hydrogens (tertiary/aromatic N) is 1. The Morgan fingerprint density at radius 3 is 2.54 bits per heavy atom. The maximum Gasteiger partial charge on any atom is 0.269 e. The Morgan fingerprint density at radius 2 is 1.88 bits per heavy atom. The first-order chi connectivity index (χ1) is 11.6. The molecule has 1 amide bonds. The summed E-state index contributed by atoms with van der Waals surface area (Å²) in [6.45, 7) is 0.312. The number of para-hydroxylation sites is 1. The van der Waals surface area contributed by atoms with E-state index in [0.717, 1.165) is 11.3 Å². The lowest BCUT2D eigenvalue weighted by Gasteiger charge is -2.09. The van der Waals surface area contributed by atoms with Crippen molar-refractivity contribution in [1.29, 1.82) is 0 Å². The number of hydrogen-bond acceptors (Lipinski definition) is 5. The van der Waals surface area contributed by atoms with E-state index in [1.165, 1.54) is 24.3 Å². The Bertz CT molecular complexity index is 700. The molecule has 0 radical (unpaired) electrons. The van der Waals surface area contributed by atoms with Gasteiger partial charge in [-0.15, -0.1) is 0 Å². The molecule has 7 heteroatoms. The third-order valence-electron chi connectivity index (χ3n) is 3.33. The van der Waals surface area contributed by atoms with Crippen LogP contribution >= 0.6 is 0 Å². The van der Waals surface area contributed by atoms with Crippen LogP contribution in [0.15, 0.2) is 48.5 Å². The van der Waals surface area contributed by atoms with Crippen LogP contribution in [-0.2, 0) is 11.2 Å². The Morgan fingerprint density at radius 1 is 1.17 bits per heavy atom. The molecule has 0 saturated heterocycles. The van der Waals surface area contributed by atoms with Crippen LogP contribution in [0.1, 0.15) is 5.56 Å². The Balaban J connectivity index is 1.74. The fourth-order valence-electron chi connectivity index (χ4n) is 2.11. The summed E-state index contributed by atoms with van der Waals surface area (Å²) in [7, 11) is 1.61. The summed E-state index contributed by atoms with van der Waals surface area (Å²) in [5.41, 5.74) is 0.986. The second-order valence-corrected chi connectivity index (χ2v) is 4.95. The van der Waals surface area contributed by atoms with Crippen molar-refractivity contribution in [2.45, 2.75) is 6.42 Å². The number of rotatable bonds is 8. The van der Waals surface area contributed by atoms with E-state index in [-0.39, 0.29) is 18.2 Å². The van der Waals surface area contributed by atoms with Gasteiger partial charge in [-0.25, -0.2) is 0 Å². The van der Waals surface area contributed by atoms with E-state index in [9.17, 15) is 14.9 Å². The van der Waals surface area contributed by atoms with Gasteiger partial charge in [0, 0.05) is 18.7 Å². The van der Waals surface area contributed by atoms with Gasteiger partial charge in [-0.3, -0.25) is 14.9 Å². The summed E-state index contributed by atoms with van der Waals surface area (Å²) in [5, 5.41) is 13.3. The summed E-state index contributed by atoms with van der Waals surface area (Å²) in [6.07, 6.45) is 0.646. The highest BCUT2D eigenvalue weighted by Crippen LogP contribution is 2.18. The maximum absolute atomic E-state index is 11.8. The van der Waals surface area contributed by atoms with E-state index in [0.29, 0.717) is 18.7 Å². The standard InChI is InChI=1S/C17H18N2O5/c1-23-16-5-3-2-4-13(16)10-11-18-17(20)12-24-15-8-6-14(7-9-15)19(21)22/h2-9H,10-12H2,1H3,(H,18,20). The normalized spacial score (nSPS) is 10.0. The van der Waals surface area contributed by atoms with Crippen LogP contribution in [0.2, 0.25) is 0 Å². The minimum absolute atomic E-state index is 0.0244. The van der Waals surface area contributed by atoms with Gasteiger partial charge in [-0.1, -0.05) is 18.2 Å². The van der Waals surface area contributed by atoms with Crippen LogP contribution in [0.5, 0.6) is 11.5 Å². The third kappa shape index (κ3) is 4.98. The molecule has 0 aliphatic rings. The van der Waals surface area contributed by atoms with Crippen molar-refractivity contribution in [2.24, 2.45) is 0 Å². The molecule has 0 saturated carbocycles. The van der Waals surface area contributed by atoms with Gasteiger partial charge in [0.25, 0.3) is 11.6 Å². The average molecular weight is 330 g/mol. The number of methoxy groups -OCH3 is 1. The minimum Gasteiger partial charge on any atom is -0.496 e. The molecular weight excluding hydrogens is 312 g/mol. The quantitative estimate of drug-likeness (QED) is 0.592. The number of nitrogens with one attached hydrogen (secondary N) is 1. The topological polar surface area (TPSA) is 90.7 Å². The number of carbonyl (C=O) groups excluding carboxylic acids is 1. The molecule has 7 nitrogen and oxygen atoms in total. The molecule has 2 rings (SSSR count). The van der Waals surface area contributed by atoms with Gasteiger partial charge in [0.1, 0.15) is 11.5 Å². The summed E-state index contributed by atoms with van der Waals surface area (Å²) in [4.78, 5) is 21.8. The molecule has 0 bridgehead atoms. The molecule has 0 heterocycles. The monoisotopic (exact) mass is 330 g/mol. The maximum atomic E-state index is 11.8. The predicted octanol–water partition coefficient (Wildman–Crippen LogP) is 2.34. The van der Waals surface area contributed by atoms with E-state index in [1.807, 2.05) is 24.3 Å². The molecule has 126 valence electrons. The molecule has 2 aromatic rings. The molecule has 0 spiro atoms. The fourth-order valence-corrected chi connectivity index (χ4v) is 2.11. The van der Waals surface area contributed by atoms with Gasteiger partial charge >= 0.3 is 0 Å². The van der Waals surface area contributed by atoms with E-state index in [4.69, 9.17) is 9.47 Å². The first-order valence-electron chi connectivity index (χ1n) is 7.36. The van der Waals surface area contributed by atoms with Crippen molar-refractivity contribution in [2.75, 3.05) is 20.3 Å². The molecule has 1 N–H and O–H groups in total. The van der Waals surface area contributed by atoms with Crippen molar-refractivity contribution in [1.82, 2.24) is 5.32 Å². The molecule has 0 aliphatic heterocycles. The molecule has 0 aliphatic carbocycles. The SMILES string of the molecule is COc1ccccc1CCNC(=O)COc1ccc([N+](=O)[O-])cc1. The summed E-state index contributed by atoms with van der Waals surface area (Å²) in [5.74, 6) is 0.928. The van der Waals surface area contributed by atoms with Crippen LogP contribution in [0.4, 0.5) is 5.69 Å². The minimum atomic E-state index is -0.492. The van der Waals surface area contributed by atoms with Crippen molar-refractivity contribution in [3.8, 4) is 11.5 Å². The lowest BCUT2D eigenvalue weighted by molar-refractivity contribution is -0.384. The van der Waals surface area contributed by atoms with Crippen LogP contribution in [0, 0.1) is 10.1 Å². The van der Waals surface area contributed by atoms with E-state index in [1.54, 1.807) is 7.11 Å². The zero-order chi connectivity index (χ0) is 17.4. The smallest absolute Gasteiger partial charge is 0.269 e. The van der Waals surface area contributed by atoms with Gasteiger partial charge in [0.2, 0.25) is 0 Å². The zero-order valence-corrected chi connectivity index (χ0v) is 13.2. The zero-order valence-electron chi connectivity index (χ0n) is 13.2. The van der Waals surface area contributed by atoms with E-state index < -0.39 is 4.92 Å². The second kappa shape index (κ2) is 8.52. The van der Waals surface area contributed by atoms with Crippen molar-refractivity contribution in [3.63, 3.8) is 0 Å². The second-order valence-electron chi connectivity index (χ2n) is 4.95. The highest BCUT2D eigenvalue weighted by Gasteiger charge is 2.07. The Labute approximate surface area is 139 Å². The number of nitro benzene ring substituents is 1. The molecule has 2 aromatic carbocycles. The molecule has 24 heavy (non-hydrogen) atoms. The lowest BCUT2D eigenvalue weighted by Crippen LogP contribution is -2.30. The van der Waals surface area contributed by atoms with Gasteiger partial charge in [0.15, 0.2) is 6.61 Å². The first kappa shape index (κ1) is 17.3. The number of benzene rings is 2. The molecule has 0 aromatic heterocycles. The van der Waals surface area contributed by atoms with Crippen molar-refractivity contribution in [3.05, 3.63) is 64.2 Å². The van der Waals surface area contributed by atoms with Crippen LogP contribution in [0.25, 0.3) is 0 Å². The molecule has 0 unspecified atom stereocenters. The Hall–Kier alpha value is -3.09. The number of nitro groups is 1. The van der Waals surface area contributed by atoms with Gasteiger partial charge in [0.05, 0.1) is 12.0 Å². The van der Waals surface area contributed by atoms with Gasteiger partial charge in [-0.05, 0) is 30.2 Å². The van der Waals surface area contributed by atoms with Crippen molar-refractivity contribution >= 4 is 11.6 Å². The molecule has 0 atom stereocenters. The number of non-ortho nitro benzene ring substituents is 1. The largest absolute Gasteiger partial charge is 0.496 e. The fraction of sp³-hybridized carbons (Fsp3) is 0.235.